The molecular formula is C92H56N8O2. The fourth-order valence-electron chi connectivity index (χ4n) is 15.9. The Labute approximate surface area is 582 Å². The van der Waals surface area contributed by atoms with Crippen molar-refractivity contribution < 1.29 is 8.83 Å². The average molecular weight is 1310 g/mol. The number of benzene rings is 14. The van der Waals surface area contributed by atoms with Crippen molar-refractivity contribution in [1.82, 2.24) is 38.2 Å². The van der Waals surface area contributed by atoms with Gasteiger partial charge in [-0.15, -0.1) is 0 Å². The van der Waals surface area contributed by atoms with Gasteiger partial charge in [0.1, 0.15) is 34.0 Å². The van der Waals surface area contributed by atoms with Gasteiger partial charge in [0.15, 0.2) is 11.6 Å². The summed E-state index contributed by atoms with van der Waals surface area (Å²) in [6.45, 7) is 0. The third kappa shape index (κ3) is 8.86. The summed E-state index contributed by atoms with van der Waals surface area (Å²) in [5.74, 6) is 2.93. The first kappa shape index (κ1) is 57.1. The van der Waals surface area contributed by atoms with Crippen LogP contribution in [-0.2, 0) is 0 Å². The number of aromatic nitrogens is 8. The Balaban J connectivity index is 0.000000133. The lowest BCUT2D eigenvalue weighted by atomic mass is 10.0. The summed E-state index contributed by atoms with van der Waals surface area (Å²) in [7, 11) is 0. The summed E-state index contributed by atoms with van der Waals surface area (Å²) in [4.78, 5) is 21.2. The van der Waals surface area contributed by atoms with E-state index in [0.29, 0.717) is 11.6 Å². The Morgan fingerprint density at radius 1 is 0.206 bits per heavy atom. The number of fused-ring (bicyclic) bond motifs is 20. The first-order chi connectivity index (χ1) is 50.6. The number of nitrogens with zero attached hydrogens (tertiary/aromatic N) is 8. The Morgan fingerprint density at radius 3 is 1.07 bits per heavy atom. The molecule has 0 N–H and O–H groups in total. The zero-order valence-corrected chi connectivity index (χ0v) is 54.7. The summed E-state index contributed by atoms with van der Waals surface area (Å²) >= 11 is 0. The zero-order valence-electron chi connectivity index (χ0n) is 54.7. The maximum Gasteiger partial charge on any atom is 0.162 e. The van der Waals surface area contributed by atoms with E-state index in [4.69, 9.17) is 28.8 Å². The van der Waals surface area contributed by atoms with Crippen molar-refractivity contribution in [1.29, 1.82) is 0 Å². The van der Waals surface area contributed by atoms with Gasteiger partial charge in [0, 0.05) is 110 Å². The van der Waals surface area contributed by atoms with Crippen LogP contribution in [0.4, 0.5) is 0 Å². The van der Waals surface area contributed by atoms with E-state index in [2.05, 4.69) is 291 Å². The van der Waals surface area contributed by atoms with E-state index in [0.717, 1.165) is 123 Å². The monoisotopic (exact) mass is 1300 g/mol. The second-order valence-electron chi connectivity index (χ2n) is 26.0. The molecule has 22 rings (SSSR count). The van der Waals surface area contributed by atoms with E-state index in [1.165, 1.54) is 65.2 Å². The number of para-hydroxylation sites is 8. The lowest BCUT2D eigenvalue weighted by molar-refractivity contribution is 0.668. The maximum absolute atomic E-state index is 6.29. The van der Waals surface area contributed by atoms with Crippen molar-refractivity contribution in [2.24, 2.45) is 0 Å². The summed E-state index contributed by atoms with van der Waals surface area (Å²) in [6.07, 6.45) is 0. The largest absolute Gasteiger partial charge is 0.456 e. The Morgan fingerprint density at radius 2 is 0.569 bits per heavy atom. The molecule has 10 heteroatoms. The van der Waals surface area contributed by atoms with Crippen LogP contribution in [0.1, 0.15) is 0 Å². The van der Waals surface area contributed by atoms with Gasteiger partial charge in [-0.1, -0.05) is 218 Å². The summed E-state index contributed by atoms with van der Waals surface area (Å²) < 4.78 is 21.8. The standard InChI is InChI=1S/2C46H28N4O/c1-3-14-29(15-4-1)35-28-42(48-46(47-35)34-21-13-25-41-43(34)33-20-9-12-24-40(33)51-41)50-37-23-11-8-19-32(37)45-39(50)27-26-38-44(45)31-18-7-10-22-36(31)49(38)30-16-5-2-6-17-30;1-3-13-29(14-4-1)36-28-43(48-46(47-36)30-23-26-42-35(27-30)32-17-9-12-22-41(32)51-42)50-38-21-11-8-19-34(38)45-40(50)25-24-39-44(45)33-18-7-10-20-37(33)49(39)31-15-5-2-6-16-31/h2*1-28H. The Hall–Kier alpha value is -14.0. The molecule has 10 nitrogen and oxygen atoms in total. The molecular weight excluding hydrogens is 1250 g/mol. The molecule has 22 aromatic rings. The van der Waals surface area contributed by atoms with Crippen LogP contribution in [0, 0.1) is 0 Å². The highest BCUT2D eigenvalue weighted by molar-refractivity contribution is 6.30. The summed E-state index contributed by atoms with van der Waals surface area (Å²) in [5, 5.41) is 13.9. The molecule has 8 aromatic heterocycles. The van der Waals surface area contributed by atoms with Crippen LogP contribution >= 0.6 is 0 Å². The molecule has 476 valence electrons. The number of rotatable bonds is 8. The van der Waals surface area contributed by atoms with Crippen molar-refractivity contribution in [2.75, 3.05) is 0 Å². The highest BCUT2D eigenvalue weighted by Gasteiger charge is 2.26. The van der Waals surface area contributed by atoms with Crippen molar-refractivity contribution in [2.45, 2.75) is 0 Å². The molecule has 0 saturated heterocycles. The van der Waals surface area contributed by atoms with Gasteiger partial charge in [-0.05, 0) is 109 Å². The smallest absolute Gasteiger partial charge is 0.162 e. The van der Waals surface area contributed by atoms with Gasteiger partial charge in [-0.25, -0.2) is 19.9 Å². The molecule has 0 radical (unpaired) electrons. The van der Waals surface area contributed by atoms with Gasteiger partial charge in [0.05, 0.1) is 55.5 Å². The van der Waals surface area contributed by atoms with Crippen LogP contribution in [0.25, 0.3) is 199 Å². The Bertz CT molecular complexity index is 7120. The maximum atomic E-state index is 6.29. The van der Waals surface area contributed by atoms with Gasteiger partial charge in [0.2, 0.25) is 0 Å². The van der Waals surface area contributed by atoms with Crippen LogP contribution in [0.3, 0.4) is 0 Å². The molecule has 0 bridgehead atoms. The highest BCUT2D eigenvalue weighted by Crippen LogP contribution is 2.46. The van der Waals surface area contributed by atoms with E-state index < -0.39 is 0 Å². The lowest BCUT2D eigenvalue weighted by Crippen LogP contribution is -2.02. The van der Waals surface area contributed by atoms with Gasteiger partial charge in [0.25, 0.3) is 0 Å². The predicted molar refractivity (Wildman–Crippen MR) is 418 cm³/mol. The molecule has 0 aliphatic heterocycles. The second-order valence-corrected chi connectivity index (χ2v) is 26.0. The summed E-state index contributed by atoms with van der Waals surface area (Å²) in [5.41, 5.74) is 20.4. The number of hydrogen-bond donors (Lipinski definition) is 0. The van der Waals surface area contributed by atoms with Crippen LogP contribution < -0.4 is 0 Å². The van der Waals surface area contributed by atoms with Crippen molar-refractivity contribution >= 4 is 131 Å². The number of hydrogen-bond acceptors (Lipinski definition) is 6. The van der Waals surface area contributed by atoms with Gasteiger partial charge in [-0.2, -0.15) is 0 Å². The van der Waals surface area contributed by atoms with Crippen LogP contribution in [0.5, 0.6) is 0 Å². The van der Waals surface area contributed by atoms with Gasteiger partial charge in [-0.3, -0.25) is 9.13 Å². The molecule has 0 amide bonds. The fourth-order valence-corrected chi connectivity index (χ4v) is 15.9. The van der Waals surface area contributed by atoms with Crippen molar-refractivity contribution in [3.63, 3.8) is 0 Å². The minimum Gasteiger partial charge on any atom is -0.456 e. The van der Waals surface area contributed by atoms with E-state index in [-0.39, 0.29) is 0 Å². The SMILES string of the molecule is c1ccc(-c2cc(-n3c4ccccc4c4c5c6ccccc6n(-c6ccccc6)c5ccc43)nc(-c3ccc4oc5ccccc5c4c3)n2)cc1.c1ccc(-c2cc(-n3c4ccccc4c4c5c6ccccc6n(-c6ccccc6)c5ccc43)nc(-c3cccc4oc5ccccc5c34)n2)cc1. The van der Waals surface area contributed by atoms with Crippen LogP contribution in [-0.4, -0.2) is 38.2 Å². The quantitative estimate of drug-likeness (QED) is 0.150. The third-order valence-electron chi connectivity index (χ3n) is 20.3. The van der Waals surface area contributed by atoms with Crippen molar-refractivity contribution in [3.8, 4) is 68.3 Å². The number of furan rings is 2. The fraction of sp³-hybridized carbons (Fsp3) is 0. The highest BCUT2D eigenvalue weighted by atomic mass is 16.3. The van der Waals surface area contributed by atoms with E-state index >= 15 is 0 Å². The lowest BCUT2D eigenvalue weighted by Gasteiger charge is -2.13. The van der Waals surface area contributed by atoms with Crippen LogP contribution in [0.15, 0.2) is 349 Å². The zero-order chi connectivity index (χ0) is 66.9. The van der Waals surface area contributed by atoms with E-state index in [1.807, 2.05) is 66.7 Å². The van der Waals surface area contributed by atoms with Crippen LogP contribution in [0.2, 0.25) is 0 Å². The minimum atomic E-state index is 0.649. The molecule has 0 atom stereocenters. The first-order valence-corrected chi connectivity index (χ1v) is 34.4. The molecule has 0 spiro atoms. The normalized spacial score (nSPS) is 11.9. The average Bonchev–Trinajstić information content (AvgIpc) is 1.55. The molecule has 0 saturated carbocycles. The van der Waals surface area contributed by atoms with Gasteiger partial charge < -0.3 is 18.0 Å². The minimum absolute atomic E-state index is 0.649. The van der Waals surface area contributed by atoms with E-state index in [9.17, 15) is 0 Å². The third-order valence-corrected chi connectivity index (χ3v) is 20.3. The molecule has 8 heterocycles. The van der Waals surface area contributed by atoms with Gasteiger partial charge >= 0.3 is 0 Å². The first-order valence-electron chi connectivity index (χ1n) is 34.4. The second kappa shape index (κ2) is 22.8. The summed E-state index contributed by atoms with van der Waals surface area (Å²) in [6, 6.07) is 119. The topological polar surface area (TPSA) is 97.6 Å². The molecule has 102 heavy (non-hydrogen) atoms. The van der Waals surface area contributed by atoms with Crippen molar-refractivity contribution in [3.05, 3.63) is 340 Å². The molecule has 0 fully saturated rings. The molecule has 14 aromatic carbocycles. The molecule has 0 unspecified atom stereocenters. The predicted octanol–water partition coefficient (Wildman–Crippen LogP) is 23.8. The van der Waals surface area contributed by atoms with E-state index in [1.54, 1.807) is 0 Å². The molecule has 0 aliphatic rings. The molecule has 0 aliphatic carbocycles. The Kier molecular flexibility index (Phi) is 12.8.